The molecule has 0 amide bonds. The van der Waals surface area contributed by atoms with Gasteiger partial charge in [0.05, 0.1) is 6.10 Å². The van der Waals surface area contributed by atoms with Gasteiger partial charge in [0, 0.05) is 13.2 Å². The van der Waals surface area contributed by atoms with E-state index in [4.69, 9.17) is 4.74 Å². The van der Waals surface area contributed by atoms with Gasteiger partial charge in [0.15, 0.2) is 0 Å². The Morgan fingerprint density at radius 3 is 2.00 bits per heavy atom. The largest absolute Gasteiger partial charge is 0.381 e. The van der Waals surface area contributed by atoms with Gasteiger partial charge < -0.3 is 9.64 Å². The van der Waals surface area contributed by atoms with Crippen LogP contribution in [-0.4, -0.2) is 38.3 Å². The third-order valence-corrected chi connectivity index (χ3v) is 2.71. The summed E-state index contributed by atoms with van der Waals surface area (Å²) in [7, 11) is 6.15. The summed E-state index contributed by atoms with van der Waals surface area (Å²) < 4.78 is 5.30. The number of hydrogen-bond acceptors (Lipinski definition) is 2. The molecule has 0 unspecified atom stereocenters. The molecular weight excluding hydrogens is 138 g/mol. The van der Waals surface area contributed by atoms with Gasteiger partial charge >= 0.3 is 0 Å². The molecule has 0 atom stereocenters. The zero-order valence-corrected chi connectivity index (χ0v) is 7.84. The summed E-state index contributed by atoms with van der Waals surface area (Å²) in [5.41, 5.74) is 0. The van der Waals surface area contributed by atoms with Crippen LogP contribution in [0, 0.1) is 0 Å². The average molecular weight is 157 g/mol. The minimum Gasteiger partial charge on any atom is -0.381 e. The summed E-state index contributed by atoms with van der Waals surface area (Å²) in [4.78, 5) is 2.33. The lowest BCUT2D eigenvalue weighted by atomic mass is 9.92. The van der Waals surface area contributed by atoms with Crippen molar-refractivity contribution in [2.24, 2.45) is 0 Å². The van der Waals surface area contributed by atoms with Crippen molar-refractivity contribution in [1.29, 1.82) is 0 Å². The van der Waals surface area contributed by atoms with E-state index < -0.39 is 0 Å². The molecule has 0 aliphatic heterocycles. The minimum absolute atomic E-state index is 0.534. The Labute approximate surface area is 69.5 Å². The van der Waals surface area contributed by atoms with Crippen molar-refractivity contribution in [3.63, 3.8) is 0 Å². The van der Waals surface area contributed by atoms with Gasteiger partial charge in [-0.3, -0.25) is 0 Å². The fraction of sp³-hybridized carbons (Fsp3) is 1.00. The van der Waals surface area contributed by atoms with E-state index in [1.54, 1.807) is 0 Å². The third kappa shape index (κ3) is 2.46. The van der Waals surface area contributed by atoms with Crippen molar-refractivity contribution in [2.75, 3.05) is 21.2 Å². The number of nitrogens with zero attached hydrogens (tertiary/aromatic N) is 1. The van der Waals surface area contributed by atoms with Gasteiger partial charge in [0.2, 0.25) is 0 Å². The molecule has 0 aromatic carbocycles. The normalized spacial score (nSPS) is 32.7. The molecule has 0 radical (unpaired) electrons. The molecule has 0 N–H and O–H groups in total. The molecule has 66 valence electrons. The maximum Gasteiger partial charge on any atom is 0.0572 e. The van der Waals surface area contributed by atoms with Crippen LogP contribution in [0.1, 0.15) is 25.7 Å². The van der Waals surface area contributed by atoms with Gasteiger partial charge in [-0.25, -0.2) is 0 Å². The Kier molecular flexibility index (Phi) is 3.34. The molecule has 2 nitrogen and oxygen atoms in total. The predicted octanol–water partition coefficient (Wildman–Crippen LogP) is 1.51. The fourth-order valence-corrected chi connectivity index (χ4v) is 1.80. The van der Waals surface area contributed by atoms with Crippen molar-refractivity contribution < 1.29 is 4.74 Å². The number of hydrogen-bond donors (Lipinski definition) is 0. The van der Waals surface area contributed by atoms with Crippen LogP contribution in [0.4, 0.5) is 0 Å². The highest BCUT2D eigenvalue weighted by atomic mass is 16.5. The Morgan fingerprint density at radius 1 is 1.09 bits per heavy atom. The first-order valence-corrected chi connectivity index (χ1v) is 4.43. The van der Waals surface area contributed by atoms with E-state index in [1.807, 2.05) is 7.11 Å². The van der Waals surface area contributed by atoms with Crippen molar-refractivity contribution in [2.45, 2.75) is 37.8 Å². The lowest BCUT2D eigenvalue weighted by Gasteiger charge is -2.31. The maximum absolute atomic E-state index is 5.30. The molecule has 1 aliphatic carbocycles. The van der Waals surface area contributed by atoms with Crippen LogP contribution in [0.3, 0.4) is 0 Å². The summed E-state index contributed by atoms with van der Waals surface area (Å²) in [5.74, 6) is 0. The topological polar surface area (TPSA) is 12.5 Å². The second kappa shape index (κ2) is 4.07. The second-order valence-electron chi connectivity index (χ2n) is 3.63. The molecule has 2 heteroatoms. The predicted molar refractivity (Wildman–Crippen MR) is 46.7 cm³/mol. The lowest BCUT2D eigenvalue weighted by molar-refractivity contribution is 0.0486. The number of rotatable bonds is 2. The van der Waals surface area contributed by atoms with Gasteiger partial charge in [-0.1, -0.05) is 0 Å². The highest BCUT2D eigenvalue weighted by Gasteiger charge is 2.21. The summed E-state index contributed by atoms with van der Waals surface area (Å²) in [6.45, 7) is 0. The molecule has 0 aromatic heterocycles. The van der Waals surface area contributed by atoms with Crippen LogP contribution >= 0.6 is 0 Å². The average Bonchev–Trinajstić information content (AvgIpc) is 2.05. The molecule has 0 aromatic rings. The summed E-state index contributed by atoms with van der Waals surface area (Å²) >= 11 is 0. The quantitative estimate of drug-likeness (QED) is 0.602. The fourth-order valence-electron chi connectivity index (χ4n) is 1.80. The monoisotopic (exact) mass is 157 g/mol. The Hall–Kier alpha value is -0.0800. The zero-order valence-electron chi connectivity index (χ0n) is 7.84. The van der Waals surface area contributed by atoms with Gasteiger partial charge in [-0.05, 0) is 39.8 Å². The van der Waals surface area contributed by atoms with E-state index in [0.29, 0.717) is 6.10 Å². The Balaban J connectivity index is 2.24. The molecule has 1 rings (SSSR count). The molecule has 11 heavy (non-hydrogen) atoms. The van der Waals surface area contributed by atoms with Gasteiger partial charge in [-0.2, -0.15) is 0 Å². The summed E-state index contributed by atoms with van der Waals surface area (Å²) in [6.07, 6.45) is 5.60. The van der Waals surface area contributed by atoms with E-state index in [9.17, 15) is 0 Å². The molecule has 1 aliphatic rings. The Morgan fingerprint density at radius 2 is 1.64 bits per heavy atom. The first kappa shape index (κ1) is 9.01. The summed E-state index contributed by atoms with van der Waals surface area (Å²) in [5, 5.41) is 0. The zero-order chi connectivity index (χ0) is 8.27. The van der Waals surface area contributed by atoms with E-state index in [2.05, 4.69) is 19.0 Å². The lowest BCUT2D eigenvalue weighted by Crippen LogP contribution is -2.34. The molecular formula is C9H19NO. The molecule has 0 spiro atoms. The van der Waals surface area contributed by atoms with E-state index in [1.165, 1.54) is 25.7 Å². The molecule has 0 saturated heterocycles. The first-order valence-electron chi connectivity index (χ1n) is 4.43. The van der Waals surface area contributed by atoms with Gasteiger partial charge in [0.25, 0.3) is 0 Å². The SMILES string of the molecule is CO[C@H]1CC[C@H](N(C)C)CC1. The van der Waals surface area contributed by atoms with Crippen LogP contribution in [0.2, 0.25) is 0 Å². The molecule has 1 fully saturated rings. The van der Waals surface area contributed by atoms with Crippen molar-refractivity contribution in [3.05, 3.63) is 0 Å². The number of ether oxygens (including phenoxy) is 1. The van der Waals surface area contributed by atoms with Gasteiger partial charge in [-0.15, -0.1) is 0 Å². The van der Waals surface area contributed by atoms with Gasteiger partial charge in [0.1, 0.15) is 0 Å². The molecule has 0 heterocycles. The van der Waals surface area contributed by atoms with E-state index in [-0.39, 0.29) is 0 Å². The van der Waals surface area contributed by atoms with Crippen molar-refractivity contribution in [3.8, 4) is 0 Å². The van der Waals surface area contributed by atoms with E-state index >= 15 is 0 Å². The van der Waals surface area contributed by atoms with E-state index in [0.717, 1.165) is 6.04 Å². The van der Waals surface area contributed by atoms with Crippen LogP contribution < -0.4 is 0 Å². The third-order valence-electron chi connectivity index (χ3n) is 2.71. The van der Waals surface area contributed by atoms with Crippen LogP contribution in [0.25, 0.3) is 0 Å². The number of methoxy groups -OCH3 is 1. The van der Waals surface area contributed by atoms with Crippen molar-refractivity contribution >= 4 is 0 Å². The molecule has 1 saturated carbocycles. The highest BCUT2D eigenvalue weighted by Crippen LogP contribution is 2.22. The van der Waals surface area contributed by atoms with Crippen molar-refractivity contribution in [1.82, 2.24) is 4.90 Å². The van der Waals surface area contributed by atoms with Crippen LogP contribution in [0.5, 0.6) is 0 Å². The smallest absolute Gasteiger partial charge is 0.0572 e. The molecule has 0 bridgehead atoms. The maximum atomic E-state index is 5.30. The first-order chi connectivity index (χ1) is 5.24. The second-order valence-corrected chi connectivity index (χ2v) is 3.63. The van der Waals surface area contributed by atoms with Crippen LogP contribution in [0.15, 0.2) is 0 Å². The highest BCUT2D eigenvalue weighted by molar-refractivity contribution is 4.76. The van der Waals surface area contributed by atoms with Crippen LogP contribution in [-0.2, 0) is 4.74 Å². The Bertz CT molecular complexity index is 106. The standard InChI is InChI=1S/C9H19NO/c1-10(2)8-4-6-9(11-3)7-5-8/h8-9H,4-7H2,1-3H3/t8-,9-. The minimum atomic E-state index is 0.534. The summed E-state index contributed by atoms with van der Waals surface area (Å²) in [6, 6.07) is 0.793.